The van der Waals surface area contributed by atoms with E-state index in [0.29, 0.717) is 0 Å². The lowest BCUT2D eigenvalue weighted by molar-refractivity contribution is -0.136. The van der Waals surface area contributed by atoms with E-state index in [2.05, 4.69) is 53.5 Å². The second kappa shape index (κ2) is 7.35. The molecule has 26 heavy (non-hydrogen) atoms. The van der Waals surface area contributed by atoms with E-state index in [9.17, 15) is 4.79 Å². The van der Waals surface area contributed by atoms with Crippen molar-refractivity contribution in [3.05, 3.63) is 77.4 Å². The Bertz CT molecular complexity index is 1010. The zero-order valence-corrected chi connectivity index (χ0v) is 15.5. The third-order valence-electron chi connectivity index (χ3n) is 3.93. The molecule has 2 heterocycles. The number of hydrogen-bond acceptors (Lipinski definition) is 4. The second-order valence-corrected chi connectivity index (χ2v) is 8.03. The molecule has 130 valence electrons. The number of imidazole rings is 1. The highest BCUT2D eigenvalue weighted by Gasteiger charge is 2.10. The molecule has 2 aromatic heterocycles. The summed E-state index contributed by atoms with van der Waals surface area (Å²) in [5.74, 6) is 0.130. The zero-order valence-electron chi connectivity index (χ0n) is 13.8. The Balaban J connectivity index is 1.47. The van der Waals surface area contributed by atoms with Gasteiger partial charge in [0.05, 0.1) is 12.1 Å². The molecule has 0 amide bonds. The van der Waals surface area contributed by atoms with Crippen molar-refractivity contribution in [1.29, 1.82) is 0 Å². The van der Waals surface area contributed by atoms with Gasteiger partial charge in [-0.3, -0.25) is 9.20 Å². The minimum absolute atomic E-state index is 0.0384. The predicted octanol–water partition coefficient (Wildman–Crippen LogP) is 4.98. The van der Waals surface area contributed by atoms with Crippen LogP contribution in [0.3, 0.4) is 0 Å². The summed E-state index contributed by atoms with van der Waals surface area (Å²) < 4.78 is 1.90. The van der Waals surface area contributed by atoms with Crippen LogP contribution in [0.5, 0.6) is 0 Å². The van der Waals surface area contributed by atoms with Gasteiger partial charge in [-0.25, -0.2) is 4.98 Å². The number of nitrogens with zero attached hydrogens (tertiary/aromatic N) is 2. The van der Waals surface area contributed by atoms with E-state index in [1.54, 1.807) is 0 Å². The van der Waals surface area contributed by atoms with Gasteiger partial charge in [0, 0.05) is 33.5 Å². The van der Waals surface area contributed by atoms with Crippen molar-refractivity contribution in [1.82, 2.24) is 9.38 Å². The predicted molar refractivity (Wildman–Crippen MR) is 106 cm³/mol. The molecule has 0 radical (unpaired) electrons. The van der Waals surface area contributed by atoms with Gasteiger partial charge in [-0.2, -0.15) is 0 Å². The summed E-state index contributed by atoms with van der Waals surface area (Å²) in [4.78, 5) is 18.3. The first-order valence-electron chi connectivity index (χ1n) is 8.14. The first-order valence-corrected chi connectivity index (χ1v) is 9.94. The summed E-state index contributed by atoms with van der Waals surface area (Å²) in [5, 5.41) is 8.88. The first-order chi connectivity index (χ1) is 12.7. The summed E-state index contributed by atoms with van der Waals surface area (Å²) >= 11 is 3.23. The molecule has 0 fully saturated rings. The highest BCUT2D eigenvalue weighted by molar-refractivity contribution is 7.98. The maximum absolute atomic E-state index is 10.8. The average molecular weight is 380 g/mol. The van der Waals surface area contributed by atoms with Crippen molar-refractivity contribution < 1.29 is 9.90 Å². The van der Waals surface area contributed by atoms with Gasteiger partial charge >= 0.3 is 5.97 Å². The van der Waals surface area contributed by atoms with Gasteiger partial charge in [0.15, 0.2) is 4.96 Å². The third kappa shape index (κ3) is 3.81. The Morgan fingerprint density at radius 3 is 2.54 bits per heavy atom. The van der Waals surface area contributed by atoms with E-state index in [1.807, 2.05) is 34.6 Å². The number of aliphatic carboxylic acids is 1. The molecule has 0 bridgehead atoms. The van der Waals surface area contributed by atoms with Crippen LogP contribution < -0.4 is 0 Å². The van der Waals surface area contributed by atoms with E-state index in [0.717, 1.165) is 26.8 Å². The van der Waals surface area contributed by atoms with Crippen LogP contribution in [0.1, 0.15) is 10.4 Å². The lowest BCUT2D eigenvalue weighted by Gasteiger charge is -2.03. The lowest BCUT2D eigenvalue weighted by atomic mass is 10.2. The average Bonchev–Trinajstić information content (AvgIpc) is 3.19. The highest BCUT2D eigenvalue weighted by Crippen LogP contribution is 2.28. The number of carboxylic acids is 1. The Kier molecular flexibility index (Phi) is 4.77. The summed E-state index contributed by atoms with van der Waals surface area (Å²) in [6.07, 6.45) is 3.83. The van der Waals surface area contributed by atoms with Crippen molar-refractivity contribution in [2.75, 3.05) is 0 Å². The zero-order chi connectivity index (χ0) is 17.9. The Hall–Kier alpha value is -2.57. The van der Waals surface area contributed by atoms with E-state index in [4.69, 9.17) is 5.11 Å². The fraction of sp³-hybridized carbons (Fsp3) is 0.100. The number of rotatable bonds is 6. The molecular weight excluding hydrogens is 364 g/mol. The Morgan fingerprint density at radius 1 is 1.08 bits per heavy atom. The smallest absolute Gasteiger partial charge is 0.308 e. The van der Waals surface area contributed by atoms with Gasteiger partial charge in [0.1, 0.15) is 0 Å². The quantitative estimate of drug-likeness (QED) is 0.479. The van der Waals surface area contributed by atoms with E-state index in [1.165, 1.54) is 21.8 Å². The molecule has 4 nitrogen and oxygen atoms in total. The molecule has 4 rings (SSSR count). The molecule has 2 aromatic carbocycles. The van der Waals surface area contributed by atoms with Gasteiger partial charge in [0.25, 0.3) is 0 Å². The number of carbonyl (C=O) groups is 1. The number of benzene rings is 2. The van der Waals surface area contributed by atoms with Crippen LogP contribution in [0.15, 0.2) is 71.9 Å². The molecule has 0 aliphatic carbocycles. The van der Waals surface area contributed by atoms with Crippen molar-refractivity contribution in [2.45, 2.75) is 17.1 Å². The van der Waals surface area contributed by atoms with Crippen LogP contribution in [-0.2, 0) is 17.0 Å². The number of fused-ring (bicyclic) bond motifs is 1. The van der Waals surface area contributed by atoms with E-state index in [-0.39, 0.29) is 6.42 Å². The topological polar surface area (TPSA) is 54.6 Å². The third-order valence-corrected chi connectivity index (χ3v) is 6.01. The molecule has 0 saturated heterocycles. The lowest BCUT2D eigenvalue weighted by Crippen LogP contribution is -1.97. The maximum atomic E-state index is 10.8. The van der Waals surface area contributed by atoms with Gasteiger partial charge in [0.2, 0.25) is 0 Å². The molecule has 0 spiro atoms. The SMILES string of the molecule is O=C(O)Cc1cn2cc(-c3ccc(SCc4ccccc4)cc3)nc2s1. The normalized spacial score (nSPS) is 11.1. The Morgan fingerprint density at radius 2 is 1.85 bits per heavy atom. The summed E-state index contributed by atoms with van der Waals surface area (Å²) in [6.45, 7) is 0. The van der Waals surface area contributed by atoms with Gasteiger partial charge in [-0.1, -0.05) is 42.5 Å². The molecular formula is C20H16N2O2S2. The van der Waals surface area contributed by atoms with Gasteiger partial charge in [-0.05, 0) is 17.7 Å². The molecule has 0 saturated carbocycles. The van der Waals surface area contributed by atoms with Gasteiger partial charge < -0.3 is 5.11 Å². The van der Waals surface area contributed by atoms with Crippen molar-refractivity contribution in [2.24, 2.45) is 0 Å². The summed E-state index contributed by atoms with van der Waals surface area (Å²) in [5.41, 5.74) is 3.27. The second-order valence-electron chi connectivity index (χ2n) is 5.88. The molecule has 0 aliphatic rings. The van der Waals surface area contributed by atoms with Gasteiger partial charge in [-0.15, -0.1) is 23.1 Å². The molecule has 6 heteroatoms. The highest BCUT2D eigenvalue weighted by atomic mass is 32.2. The minimum Gasteiger partial charge on any atom is -0.481 e. The summed E-state index contributed by atoms with van der Waals surface area (Å²) in [6, 6.07) is 18.8. The van der Waals surface area contributed by atoms with Crippen LogP contribution in [0.2, 0.25) is 0 Å². The minimum atomic E-state index is -0.821. The number of carboxylic acid groups (broad SMARTS) is 1. The number of hydrogen-bond donors (Lipinski definition) is 1. The molecule has 0 unspecified atom stereocenters. The van der Waals surface area contributed by atoms with Crippen LogP contribution in [0, 0.1) is 0 Å². The van der Waals surface area contributed by atoms with Crippen LogP contribution in [0.4, 0.5) is 0 Å². The number of thiazole rings is 1. The fourth-order valence-electron chi connectivity index (χ4n) is 2.68. The van der Waals surface area contributed by atoms with E-state index < -0.39 is 5.97 Å². The van der Waals surface area contributed by atoms with Crippen LogP contribution in [0.25, 0.3) is 16.2 Å². The molecule has 4 aromatic rings. The Labute approximate surface area is 159 Å². The maximum Gasteiger partial charge on any atom is 0.308 e. The van der Waals surface area contributed by atoms with Crippen molar-refractivity contribution >= 4 is 34.0 Å². The van der Waals surface area contributed by atoms with Crippen LogP contribution in [-0.4, -0.2) is 20.5 Å². The molecule has 1 N–H and O–H groups in total. The first kappa shape index (κ1) is 16.9. The molecule has 0 atom stereocenters. The fourth-order valence-corrected chi connectivity index (χ4v) is 4.48. The number of aromatic nitrogens is 2. The standard InChI is InChI=1S/C20H16N2O2S2/c23-19(24)10-17-11-22-12-18(21-20(22)26-17)15-6-8-16(9-7-15)25-13-14-4-2-1-3-5-14/h1-9,11-12H,10,13H2,(H,23,24). The van der Waals surface area contributed by atoms with Crippen LogP contribution >= 0.6 is 23.1 Å². The monoisotopic (exact) mass is 380 g/mol. The largest absolute Gasteiger partial charge is 0.481 e. The molecule has 0 aliphatic heterocycles. The van der Waals surface area contributed by atoms with E-state index >= 15 is 0 Å². The van der Waals surface area contributed by atoms with Crippen molar-refractivity contribution in [3.8, 4) is 11.3 Å². The summed E-state index contributed by atoms with van der Waals surface area (Å²) in [7, 11) is 0. The number of thioether (sulfide) groups is 1. The van der Waals surface area contributed by atoms with Crippen molar-refractivity contribution in [3.63, 3.8) is 0 Å².